The third kappa shape index (κ3) is 6.56. The lowest BCUT2D eigenvalue weighted by Crippen LogP contribution is -2.17. The van der Waals surface area contributed by atoms with E-state index in [2.05, 4.69) is 258 Å². The van der Waals surface area contributed by atoms with Gasteiger partial charge in [-0.25, -0.2) is 0 Å². The Morgan fingerprint density at radius 2 is 0.781 bits per heavy atom. The molecule has 0 unspecified atom stereocenters. The number of hydrogen-bond acceptors (Lipinski definition) is 2. The Labute approximate surface area is 378 Å². The second-order valence-electron chi connectivity index (χ2n) is 18.8. The minimum atomic E-state index is -0.184. The van der Waals surface area contributed by atoms with Gasteiger partial charge in [-0.05, 0) is 153 Å². The highest BCUT2D eigenvalue weighted by Gasteiger charge is 2.38. The van der Waals surface area contributed by atoms with Gasteiger partial charge in [0.2, 0.25) is 0 Å². The first-order valence-corrected chi connectivity index (χ1v) is 22.6. The Morgan fingerprint density at radius 3 is 1.31 bits per heavy atom. The van der Waals surface area contributed by atoms with Crippen molar-refractivity contribution in [3.05, 3.63) is 239 Å². The molecule has 2 aliphatic carbocycles. The first kappa shape index (κ1) is 39.4. The zero-order chi connectivity index (χ0) is 43.7. The molecule has 2 aliphatic rings. The lowest BCUT2D eigenvalue weighted by molar-refractivity contribution is 0.660. The minimum absolute atomic E-state index is 0.160. The smallest absolute Gasteiger partial charge is 0.0540 e. The van der Waals surface area contributed by atoms with Crippen LogP contribution in [-0.2, 0) is 10.8 Å². The third-order valence-corrected chi connectivity index (χ3v) is 13.9. The summed E-state index contributed by atoms with van der Waals surface area (Å²) in [6.07, 6.45) is 4.58. The van der Waals surface area contributed by atoms with E-state index in [1.165, 1.54) is 100 Å². The van der Waals surface area contributed by atoms with Crippen LogP contribution in [0, 0.1) is 13.8 Å². The number of hydrogen-bond donors (Lipinski definition) is 0. The monoisotopic (exact) mass is 824 g/mol. The fourth-order valence-electron chi connectivity index (χ4n) is 10.7. The molecule has 0 heterocycles. The van der Waals surface area contributed by atoms with Gasteiger partial charge in [0.05, 0.1) is 5.69 Å². The maximum atomic E-state index is 2.45. The third-order valence-electron chi connectivity index (χ3n) is 13.9. The fraction of sp³-hybridized carbons (Fsp3) is 0.129. The van der Waals surface area contributed by atoms with E-state index in [1.807, 2.05) is 0 Å². The standard InChI is InChI=1S/C62H52N2/c1-41-34-42(2)36-50(35-41)64(60-23-15-17-45-16-13-14-22-51(45)60)49-29-33-55-53-31-27-44(38-57(53)62(5,6)59(55)40-49)25-24-43-26-30-52-54-32-28-48(39-58(54)61(3,4)56(52)37-43)63(46-18-9-7-10-19-46)47-20-11-8-12-21-47/h7-40H,1-6H3. The summed E-state index contributed by atoms with van der Waals surface area (Å²) in [6, 6.07) is 71.7. The van der Waals surface area contributed by atoms with Gasteiger partial charge in [0.25, 0.3) is 0 Å². The quantitative estimate of drug-likeness (QED) is 0.141. The molecule has 2 heteroatoms. The van der Waals surface area contributed by atoms with Gasteiger partial charge in [-0.2, -0.15) is 0 Å². The molecule has 0 atom stereocenters. The molecule has 0 fully saturated rings. The SMILES string of the molecule is Cc1cc(C)cc(N(c2ccc3c(c2)C(C)(C)c2cc(C=Cc4ccc5c(c4)C(C)(C)c4cc(N(c6ccccc6)c6ccccc6)ccc4-5)ccc2-3)c2cccc3ccccc23)c1. The second-order valence-corrected chi connectivity index (χ2v) is 18.8. The van der Waals surface area contributed by atoms with Crippen molar-refractivity contribution in [1.29, 1.82) is 0 Å². The summed E-state index contributed by atoms with van der Waals surface area (Å²) in [5.74, 6) is 0. The maximum absolute atomic E-state index is 2.45. The number of nitrogens with zero attached hydrogens (tertiary/aromatic N) is 2. The highest BCUT2D eigenvalue weighted by molar-refractivity contribution is 5.99. The number of benzene rings is 9. The summed E-state index contributed by atoms with van der Waals surface area (Å²) in [6.45, 7) is 13.9. The minimum Gasteiger partial charge on any atom is -0.310 e. The van der Waals surface area contributed by atoms with Gasteiger partial charge in [0.15, 0.2) is 0 Å². The van der Waals surface area contributed by atoms with Gasteiger partial charge >= 0.3 is 0 Å². The predicted molar refractivity (Wildman–Crippen MR) is 273 cm³/mol. The Bertz CT molecular complexity index is 3230. The molecule has 0 saturated heterocycles. The van der Waals surface area contributed by atoms with Gasteiger partial charge in [-0.1, -0.05) is 167 Å². The number of fused-ring (bicyclic) bond motifs is 7. The van der Waals surface area contributed by atoms with Crippen LogP contribution in [0.1, 0.15) is 72.2 Å². The van der Waals surface area contributed by atoms with E-state index in [0.717, 1.165) is 11.4 Å². The normalized spacial score (nSPS) is 14.0. The average Bonchev–Trinajstić information content (AvgIpc) is 3.67. The molecule has 9 aromatic carbocycles. The molecule has 64 heavy (non-hydrogen) atoms. The van der Waals surface area contributed by atoms with Crippen molar-refractivity contribution in [3.63, 3.8) is 0 Å². The molecule has 0 spiro atoms. The first-order valence-electron chi connectivity index (χ1n) is 22.6. The van der Waals surface area contributed by atoms with Crippen LogP contribution in [0.5, 0.6) is 0 Å². The molecule has 0 radical (unpaired) electrons. The summed E-state index contributed by atoms with van der Waals surface area (Å²) >= 11 is 0. The molecule has 9 aromatic rings. The lowest BCUT2D eigenvalue weighted by Gasteiger charge is -2.29. The van der Waals surface area contributed by atoms with Gasteiger partial charge < -0.3 is 9.80 Å². The van der Waals surface area contributed by atoms with Crippen molar-refractivity contribution in [2.45, 2.75) is 52.4 Å². The van der Waals surface area contributed by atoms with Crippen LogP contribution < -0.4 is 9.80 Å². The van der Waals surface area contributed by atoms with Crippen LogP contribution in [-0.4, -0.2) is 0 Å². The summed E-state index contributed by atoms with van der Waals surface area (Å²) in [4.78, 5) is 4.81. The highest BCUT2D eigenvalue weighted by Crippen LogP contribution is 2.53. The molecule has 310 valence electrons. The van der Waals surface area contributed by atoms with Crippen molar-refractivity contribution < 1.29 is 0 Å². The average molecular weight is 825 g/mol. The van der Waals surface area contributed by atoms with E-state index in [-0.39, 0.29) is 10.8 Å². The van der Waals surface area contributed by atoms with E-state index >= 15 is 0 Å². The Kier molecular flexibility index (Phi) is 9.33. The summed E-state index contributed by atoms with van der Waals surface area (Å²) < 4.78 is 0. The highest BCUT2D eigenvalue weighted by atomic mass is 15.1. The molecular weight excluding hydrogens is 773 g/mol. The van der Waals surface area contributed by atoms with Crippen molar-refractivity contribution in [2.24, 2.45) is 0 Å². The van der Waals surface area contributed by atoms with Gasteiger partial charge in [-0.3, -0.25) is 0 Å². The van der Waals surface area contributed by atoms with Crippen molar-refractivity contribution in [2.75, 3.05) is 9.80 Å². The topological polar surface area (TPSA) is 6.48 Å². The van der Waals surface area contributed by atoms with E-state index in [1.54, 1.807) is 0 Å². The van der Waals surface area contributed by atoms with Crippen molar-refractivity contribution >= 4 is 57.0 Å². The Balaban J connectivity index is 0.904. The molecule has 0 amide bonds. The van der Waals surface area contributed by atoms with Gasteiger partial charge in [-0.15, -0.1) is 0 Å². The maximum Gasteiger partial charge on any atom is 0.0540 e. The van der Waals surface area contributed by atoms with Crippen molar-refractivity contribution in [3.8, 4) is 22.3 Å². The van der Waals surface area contributed by atoms with Gasteiger partial charge in [0, 0.05) is 44.7 Å². The largest absolute Gasteiger partial charge is 0.310 e. The summed E-state index contributed by atoms with van der Waals surface area (Å²) in [5.41, 5.74) is 22.3. The van der Waals surface area contributed by atoms with Crippen molar-refractivity contribution in [1.82, 2.24) is 0 Å². The molecule has 0 N–H and O–H groups in total. The zero-order valence-electron chi connectivity index (χ0n) is 37.5. The van der Waals surface area contributed by atoms with Crippen LogP contribution in [0.3, 0.4) is 0 Å². The second kappa shape index (κ2) is 15.1. The summed E-state index contributed by atoms with van der Waals surface area (Å²) in [7, 11) is 0. The molecule has 0 saturated carbocycles. The first-order chi connectivity index (χ1) is 31.0. The van der Waals surface area contributed by atoms with Crippen LogP contribution in [0.4, 0.5) is 34.1 Å². The Morgan fingerprint density at radius 1 is 0.344 bits per heavy atom. The zero-order valence-corrected chi connectivity index (χ0v) is 37.5. The molecule has 0 aliphatic heterocycles. The predicted octanol–water partition coefficient (Wildman–Crippen LogP) is 17.2. The number of rotatable bonds is 8. The molecular formula is C62H52N2. The number of para-hydroxylation sites is 2. The van der Waals surface area contributed by atoms with Crippen LogP contribution in [0.15, 0.2) is 194 Å². The number of aryl methyl sites for hydroxylation is 2. The van der Waals surface area contributed by atoms with E-state index < -0.39 is 0 Å². The fourth-order valence-corrected chi connectivity index (χ4v) is 10.7. The molecule has 2 nitrogen and oxygen atoms in total. The molecule has 0 aromatic heterocycles. The summed E-state index contributed by atoms with van der Waals surface area (Å²) in [5, 5.41) is 2.48. The van der Waals surface area contributed by atoms with E-state index in [0.29, 0.717) is 0 Å². The lowest BCUT2D eigenvalue weighted by atomic mass is 9.81. The van der Waals surface area contributed by atoms with Crippen LogP contribution >= 0.6 is 0 Å². The van der Waals surface area contributed by atoms with E-state index in [4.69, 9.17) is 0 Å². The van der Waals surface area contributed by atoms with Crippen LogP contribution in [0.2, 0.25) is 0 Å². The molecule has 0 bridgehead atoms. The molecule has 11 rings (SSSR count). The Hall–Kier alpha value is -7.42. The van der Waals surface area contributed by atoms with E-state index in [9.17, 15) is 0 Å². The number of anilines is 6. The van der Waals surface area contributed by atoms with Gasteiger partial charge in [0.1, 0.15) is 0 Å². The van der Waals surface area contributed by atoms with Crippen LogP contribution in [0.25, 0.3) is 45.2 Å².